The lowest BCUT2D eigenvalue weighted by atomic mass is 9.79. The van der Waals surface area contributed by atoms with Crippen LogP contribution < -0.4 is 0 Å². The highest BCUT2D eigenvalue weighted by Gasteiger charge is 2.39. The van der Waals surface area contributed by atoms with Gasteiger partial charge in [-0.15, -0.1) is 0 Å². The van der Waals surface area contributed by atoms with Crippen LogP contribution in [0, 0.1) is 5.41 Å². The predicted octanol–water partition coefficient (Wildman–Crippen LogP) is 4.10. The largest absolute Gasteiger partial charge is 0.465 e. The first-order valence-corrected chi connectivity index (χ1v) is 9.31. The van der Waals surface area contributed by atoms with Crippen molar-refractivity contribution in [3.05, 3.63) is 0 Å². The second-order valence-corrected chi connectivity index (χ2v) is 6.35. The molecule has 0 aliphatic carbocycles. The molecule has 0 spiro atoms. The molecular formula is C15H31O5P. The normalized spacial score (nSPS) is 13.1. The monoisotopic (exact) mass is 322 g/mol. The lowest BCUT2D eigenvalue weighted by Gasteiger charge is -2.31. The zero-order valence-corrected chi connectivity index (χ0v) is 14.7. The van der Waals surface area contributed by atoms with Crippen LogP contribution in [-0.4, -0.2) is 24.1 Å². The zero-order valence-electron chi connectivity index (χ0n) is 13.7. The molecule has 0 heterocycles. The fraction of sp³-hybridized carbons (Fsp3) is 0.933. The second kappa shape index (κ2) is 12.2. The van der Waals surface area contributed by atoms with E-state index >= 15 is 0 Å². The third-order valence-electron chi connectivity index (χ3n) is 3.65. The van der Waals surface area contributed by atoms with Crippen molar-refractivity contribution in [1.29, 1.82) is 0 Å². The Morgan fingerprint density at radius 1 is 1.05 bits per heavy atom. The van der Waals surface area contributed by atoms with Crippen LogP contribution >= 0.6 is 8.25 Å². The minimum absolute atomic E-state index is 0.0216. The molecule has 0 radical (unpaired) electrons. The van der Waals surface area contributed by atoms with Gasteiger partial charge in [0.15, 0.2) is 0 Å². The van der Waals surface area contributed by atoms with Gasteiger partial charge in [-0.2, -0.15) is 0 Å². The van der Waals surface area contributed by atoms with Gasteiger partial charge in [-0.25, -0.2) is 0 Å². The molecule has 0 aromatic rings. The Morgan fingerprint density at radius 3 is 2.00 bits per heavy atom. The Labute approximate surface area is 129 Å². The average Bonchev–Trinajstić information content (AvgIpc) is 2.47. The Balaban J connectivity index is 4.91. The summed E-state index contributed by atoms with van der Waals surface area (Å²) in [4.78, 5) is 21.4. The quantitative estimate of drug-likeness (QED) is 0.314. The van der Waals surface area contributed by atoms with E-state index in [1.807, 2.05) is 6.92 Å². The number of unbranched alkanes of at least 4 members (excludes halogenated alkanes) is 3. The molecular weight excluding hydrogens is 291 g/mol. The Hall–Kier alpha value is -0.380. The summed E-state index contributed by atoms with van der Waals surface area (Å²) in [5.74, 6) is -0.277. The van der Waals surface area contributed by atoms with Crippen LogP contribution in [0.3, 0.4) is 0 Å². The van der Waals surface area contributed by atoms with Crippen molar-refractivity contribution < 1.29 is 23.5 Å². The van der Waals surface area contributed by atoms with Crippen LogP contribution in [0.2, 0.25) is 0 Å². The molecule has 21 heavy (non-hydrogen) atoms. The zero-order chi connectivity index (χ0) is 16.1. The Bertz CT molecular complexity index is 298. The highest BCUT2D eigenvalue weighted by Crippen LogP contribution is 2.36. The van der Waals surface area contributed by atoms with Crippen molar-refractivity contribution in [3.8, 4) is 0 Å². The number of hydrogen-bond donors (Lipinski definition) is 1. The topological polar surface area (TPSA) is 72.8 Å². The predicted molar refractivity (Wildman–Crippen MR) is 84.5 cm³/mol. The first-order chi connectivity index (χ1) is 10.0. The second-order valence-electron chi connectivity index (χ2n) is 5.53. The maximum absolute atomic E-state index is 12.5. The summed E-state index contributed by atoms with van der Waals surface area (Å²) >= 11 is 0. The van der Waals surface area contributed by atoms with E-state index in [2.05, 4.69) is 13.8 Å². The number of hydrogen-bond acceptors (Lipinski definition) is 4. The summed E-state index contributed by atoms with van der Waals surface area (Å²) in [6.07, 6.45) is 6.76. The molecule has 6 heteroatoms. The van der Waals surface area contributed by atoms with Gasteiger partial charge in [-0.3, -0.25) is 9.36 Å². The minimum Gasteiger partial charge on any atom is -0.465 e. The van der Waals surface area contributed by atoms with Crippen LogP contribution in [0.15, 0.2) is 0 Å². The van der Waals surface area contributed by atoms with Crippen LogP contribution in [0.4, 0.5) is 0 Å². The fourth-order valence-corrected chi connectivity index (χ4v) is 2.62. The minimum atomic E-state index is -3.03. The van der Waals surface area contributed by atoms with E-state index in [-0.39, 0.29) is 12.6 Å². The molecule has 0 aromatic carbocycles. The smallest absolute Gasteiger partial charge is 0.316 e. The van der Waals surface area contributed by atoms with Crippen LogP contribution in [0.1, 0.15) is 72.1 Å². The molecule has 0 saturated carbocycles. The Morgan fingerprint density at radius 2 is 1.57 bits per heavy atom. The van der Waals surface area contributed by atoms with Crippen molar-refractivity contribution in [2.45, 2.75) is 72.1 Å². The molecule has 1 N–H and O–H groups in total. The van der Waals surface area contributed by atoms with Gasteiger partial charge in [-0.1, -0.05) is 52.9 Å². The molecule has 0 saturated heterocycles. The van der Waals surface area contributed by atoms with E-state index in [0.29, 0.717) is 19.4 Å². The van der Waals surface area contributed by atoms with Gasteiger partial charge in [0.1, 0.15) is 0 Å². The number of esters is 1. The summed E-state index contributed by atoms with van der Waals surface area (Å²) in [6.45, 7) is 6.54. The molecule has 0 amide bonds. The summed E-state index contributed by atoms with van der Waals surface area (Å²) in [6, 6.07) is 0. The maximum Gasteiger partial charge on any atom is 0.316 e. The van der Waals surface area contributed by atoms with Gasteiger partial charge >= 0.3 is 14.2 Å². The molecule has 0 bridgehead atoms. The van der Waals surface area contributed by atoms with Gasteiger partial charge < -0.3 is 14.2 Å². The third-order valence-corrected chi connectivity index (χ3v) is 4.05. The van der Waals surface area contributed by atoms with Crippen molar-refractivity contribution in [2.24, 2.45) is 5.41 Å². The van der Waals surface area contributed by atoms with E-state index in [1.54, 1.807) is 0 Å². The molecule has 0 aliphatic rings. The van der Waals surface area contributed by atoms with E-state index in [9.17, 15) is 9.36 Å². The van der Waals surface area contributed by atoms with Gasteiger partial charge in [0.05, 0.1) is 18.6 Å². The van der Waals surface area contributed by atoms with Crippen molar-refractivity contribution in [2.75, 3.05) is 13.2 Å². The fourth-order valence-electron chi connectivity index (χ4n) is 2.22. The lowest BCUT2D eigenvalue weighted by Crippen LogP contribution is -2.37. The summed E-state index contributed by atoms with van der Waals surface area (Å²) in [7, 11) is -3.03. The lowest BCUT2D eigenvalue weighted by molar-refractivity contribution is -0.159. The van der Waals surface area contributed by atoms with Gasteiger partial charge in [-0.05, 0) is 19.3 Å². The Kier molecular flexibility index (Phi) is 12.0. The molecule has 0 aliphatic heterocycles. The third kappa shape index (κ3) is 8.60. The number of rotatable bonds is 13. The van der Waals surface area contributed by atoms with Crippen molar-refractivity contribution in [1.82, 2.24) is 0 Å². The van der Waals surface area contributed by atoms with Gasteiger partial charge in [0.2, 0.25) is 0 Å². The van der Waals surface area contributed by atoms with Crippen molar-refractivity contribution in [3.63, 3.8) is 0 Å². The molecule has 1 unspecified atom stereocenters. The van der Waals surface area contributed by atoms with Gasteiger partial charge in [0.25, 0.3) is 0 Å². The molecule has 0 fully saturated rings. The number of ether oxygens (including phenoxy) is 1. The molecule has 0 rings (SSSR count). The first kappa shape index (κ1) is 20.6. The summed E-state index contributed by atoms with van der Waals surface area (Å²) in [5.41, 5.74) is -0.775. The van der Waals surface area contributed by atoms with Crippen LogP contribution in [0.25, 0.3) is 0 Å². The van der Waals surface area contributed by atoms with E-state index in [1.165, 1.54) is 0 Å². The maximum atomic E-state index is 12.5. The average molecular weight is 322 g/mol. The van der Waals surface area contributed by atoms with Crippen molar-refractivity contribution >= 4 is 14.2 Å². The molecule has 126 valence electrons. The van der Waals surface area contributed by atoms with E-state index in [4.69, 9.17) is 14.2 Å². The summed E-state index contributed by atoms with van der Waals surface area (Å²) < 4.78 is 21.2. The van der Waals surface area contributed by atoms with E-state index in [0.717, 1.165) is 38.5 Å². The highest BCUT2D eigenvalue weighted by atomic mass is 31.1. The summed E-state index contributed by atoms with van der Waals surface area (Å²) in [5, 5.41) is 0. The highest BCUT2D eigenvalue weighted by molar-refractivity contribution is 7.32. The number of carbonyl (C=O) groups is 1. The van der Waals surface area contributed by atoms with Crippen LogP contribution in [0.5, 0.6) is 0 Å². The molecule has 0 aromatic heterocycles. The van der Waals surface area contributed by atoms with E-state index < -0.39 is 13.7 Å². The SMILES string of the molecule is CCCCOC(=O)C(CCCC)(CCCC)CO[PH](=O)O. The first-order valence-electron chi connectivity index (χ1n) is 8.05. The van der Waals surface area contributed by atoms with Gasteiger partial charge in [0, 0.05) is 0 Å². The molecule has 1 atom stereocenters. The molecule has 5 nitrogen and oxygen atoms in total. The number of carbonyl (C=O) groups excluding carboxylic acids is 1. The van der Waals surface area contributed by atoms with Crippen LogP contribution in [-0.2, 0) is 18.6 Å². The standard InChI is InChI=1S/C15H31O5P/c1-4-7-10-15(11-8-5-2,13-20-21(17)18)14(16)19-12-9-6-3/h21H,4-13H2,1-3H3,(H,17,18).